The fourth-order valence-corrected chi connectivity index (χ4v) is 4.01. The van der Waals surface area contributed by atoms with Gasteiger partial charge >= 0.3 is 0 Å². The van der Waals surface area contributed by atoms with Crippen molar-refractivity contribution in [3.8, 4) is 0 Å². The zero-order chi connectivity index (χ0) is 18.0. The fourth-order valence-electron chi connectivity index (χ4n) is 2.78. The summed E-state index contributed by atoms with van der Waals surface area (Å²) in [5, 5.41) is 1.48. The third-order valence-corrected chi connectivity index (χ3v) is 5.50. The van der Waals surface area contributed by atoms with Gasteiger partial charge in [-0.05, 0) is 18.2 Å². The van der Waals surface area contributed by atoms with Gasteiger partial charge in [0.2, 0.25) is 10.0 Å². The number of hydrogen-bond acceptors (Lipinski definition) is 3. The predicted octanol–water partition coefficient (Wildman–Crippen LogP) is 3.52. The van der Waals surface area contributed by atoms with Crippen LogP contribution in [0.3, 0.4) is 0 Å². The minimum absolute atomic E-state index is 0.0984. The molecule has 0 atom stereocenters. The van der Waals surface area contributed by atoms with Crippen molar-refractivity contribution in [3.63, 3.8) is 0 Å². The van der Waals surface area contributed by atoms with E-state index in [0.717, 1.165) is 11.1 Å². The van der Waals surface area contributed by atoms with Crippen molar-refractivity contribution in [2.45, 2.75) is 11.4 Å². The Labute approximate surface area is 147 Å². The highest BCUT2D eigenvalue weighted by Crippen LogP contribution is 2.30. The molecular weight excluding hydrogens is 339 g/mol. The quantitative estimate of drug-likeness (QED) is 0.759. The minimum atomic E-state index is -3.78. The van der Waals surface area contributed by atoms with Crippen molar-refractivity contribution in [1.29, 1.82) is 0 Å². The van der Waals surface area contributed by atoms with E-state index < -0.39 is 15.8 Å². The number of benzene rings is 3. The minimum Gasteiger partial charge on any atom is -0.377 e. The molecule has 0 amide bonds. The topological polar surface area (TPSA) is 49.4 Å². The van der Waals surface area contributed by atoms with E-state index >= 15 is 0 Å². The number of rotatable bonds is 5. The van der Waals surface area contributed by atoms with Gasteiger partial charge in [-0.15, -0.1) is 0 Å². The van der Waals surface area contributed by atoms with Crippen LogP contribution in [0.4, 0.5) is 10.1 Å². The van der Waals surface area contributed by atoms with Crippen molar-refractivity contribution >= 4 is 26.5 Å². The molecule has 0 saturated carbocycles. The molecule has 0 aliphatic rings. The molecule has 0 bridgehead atoms. The van der Waals surface area contributed by atoms with Crippen molar-refractivity contribution in [1.82, 2.24) is 4.72 Å². The number of nitrogens with zero attached hydrogens (tertiary/aromatic N) is 1. The molecule has 1 N–H and O–H groups in total. The monoisotopic (exact) mass is 358 g/mol. The van der Waals surface area contributed by atoms with Gasteiger partial charge in [0.15, 0.2) is 0 Å². The first-order chi connectivity index (χ1) is 11.9. The molecule has 3 aromatic carbocycles. The van der Waals surface area contributed by atoms with Crippen molar-refractivity contribution in [2.75, 3.05) is 19.0 Å². The molecule has 3 rings (SSSR count). The Morgan fingerprint density at radius 2 is 1.60 bits per heavy atom. The molecule has 0 aliphatic carbocycles. The SMILES string of the molecule is CN(C)c1cccc2c(S(=O)(=O)NCc3ccccc3F)cccc12. The second-order valence-corrected chi connectivity index (χ2v) is 7.67. The van der Waals surface area contributed by atoms with Crippen LogP contribution in [0.25, 0.3) is 10.8 Å². The Bertz CT molecular complexity index is 1020. The summed E-state index contributed by atoms with van der Waals surface area (Å²) < 4.78 is 41.7. The molecular formula is C19H19FN2O2S. The summed E-state index contributed by atoms with van der Waals surface area (Å²) in [4.78, 5) is 2.12. The van der Waals surface area contributed by atoms with Crippen LogP contribution in [0.15, 0.2) is 65.6 Å². The van der Waals surface area contributed by atoms with E-state index in [1.54, 1.807) is 36.4 Å². The number of nitrogens with one attached hydrogen (secondary N) is 1. The van der Waals surface area contributed by atoms with E-state index in [4.69, 9.17) is 0 Å². The number of sulfonamides is 1. The molecule has 0 unspecified atom stereocenters. The van der Waals surface area contributed by atoms with Crippen LogP contribution in [0.1, 0.15) is 5.56 Å². The van der Waals surface area contributed by atoms with Gasteiger partial charge in [-0.25, -0.2) is 17.5 Å². The zero-order valence-corrected chi connectivity index (χ0v) is 14.8. The average Bonchev–Trinajstić information content (AvgIpc) is 2.60. The maximum atomic E-state index is 13.7. The largest absolute Gasteiger partial charge is 0.377 e. The number of halogens is 1. The molecule has 0 aliphatic heterocycles. The average molecular weight is 358 g/mol. The third-order valence-electron chi connectivity index (χ3n) is 4.04. The van der Waals surface area contributed by atoms with Crippen LogP contribution < -0.4 is 9.62 Å². The summed E-state index contributed by atoms with van der Waals surface area (Å²) in [6.07, 6.45) is 0. The normalized spacial score (nSPS) is 11.6. The highest BCUT2D eigenvalue weighted by molar-refractivity contribution is 7.89. The van der Waals surface area contributed by atoms with Crippen molar-refractivity contribution in [3.05, 3.63) is 72.0 Å². The second kappa shape index (κ2) is 6.82. The zero-order valence-electron chi connectivity index (χ0n) is 14.0. The third kappa shape index (κ3) is 3.50. The maximum Gasteiger partial charge on any atom is 0.241 e. The molecule has 0 aromatic heterocycles. The van der Waals surface area contributed by atoms with Gasteiger partial charge in [-0.1, -0.05) is 42.5 Å². The van der Waals surface area contributed by atoms with Crippen LogP contribution in [-0.4, -0.2) is 22.5 Å². The lowest BCUT2D eigenvalue weighted by Gasteiger charge is -2.17. The highest BCUT2D eigenvalue weighted by Gasteiger charge is 2.18. The summed E-state index contributed by atoms with van der Waals surface area (Å²) in [6.45, 7) is -0.0984. The first kappa shape index (κ1) is 17.4. The maximum absolute atomic E-state index is 13.7. The Kier molecular flexibility index (Phi) is 4.74. The Balaban J connectivity index is 2.00. The van der Waals surface area contributed by atoms with Gasteiger partial charge in [0.25, 0.3) is 0 Å². The summed E-state index contributed by atoms with van der Waals surface area (Å²) >= 11 is 0. The van der Waals surface area contributed by atoms with E-state index in [1.807, 2.05) is 37.2 Å². The molecule has 0 fully saturated rings. The molecule has 3 aromatic rings. The smallest absolute Gasteiger partial charge is 0.241 e. The fraction of sp³-hybridized carbons (Fsp3) is 0.158. The summed E-state index contributed by atoms with van der Waals surface area (Å²) in [6, 6.07) is 16.8. The summed E-state index contributed by atoms with van der Waals surface area (Å²) in [5.74, 6) is -0.432. The van der Waals surface area contributed by atoms with E-state index in [9.17, 15) is 12.8 Å². The standard InChI is InChI=1S/C19H19FN2O2S/c1-22(2)18-11-5-9-16-15(18)8-6-12-19(16)25(23,24)21-13-14-7-3-4-10-17(14)20/h3-12,21H,13H2,1-2H3. The van der Waals surface area contributed by atoms with Crippen LogP contribution >= 0.6 is 0 Å². The highest BCUT2D eigenvalue weighted by atomic mass is 32.2. The van der Waals surface area contributed by atoms with Crippen molar-refractivity contribution < 1.29 is 12.8 Å². The molecule has 0 radical (unpaired) electrons. The lowest BCUT2D eigenvalue weighted by Crippen LogP contribution is -2.24. The van der Waals surface area contributed by atoms with Gasteiger partial charge in [0, 0.05) is 42.7 Å². The molecule has 130 valence electrons. The van der Waals surface area contributed by atoms with E-state index in [2.05, 4.69) is 4.72 Å². The first-order valence-corrected chi connectivity index (χ1v) is 9.30. The molecule has 0 heterocycles. The lowest BCUT2D eigenvalue weighted by molar-refractivity contribution is 0.575. The van der Waals surface area contributed by atoms with Gasteiger partial charge < -0.3 is 4.90 Å². The Hall–Kier alpha value is -2.44. The van der Waals surface area contributed by atoms with Crippen LogP contribution in [0, 0.1) is 5.82 Å². The van der Waals surface area contributed by atoms with E-state index in [1.165, 1.54) is 6.07 Å². The summed E-state index contributed by atoms with van der Waals surface area (Å²) in [5.41, 5.74) is 1.24. The van der Waals surface area contributed by atoms with Crippen LogP contribution in [0.2, 0.25) is 0 Å². The molecule has 4 nitrogen and oxygen atoms in total. The van der Waals surface area contributed by atoms with Crippen LogP contribution in [0.5, 0.6) is 0 Å². The Morgan fingerprint density at radius 3 is 2.32 bits per heavy atom. The number of fused-ring (bicyclic) bond motifs is 1. The van der Waals surface area contributed by atoms with Gasteiger partial charge in [0.1, 0.15) is 5.82 Å². The van der Waals surface area contributed by atoms with Gasteiger partial charge in [-0.3, -0.25) is 0 Å². The molecule has 25 heavy (non-hydrogen) atoms. The van der Waals surface area contributed by atoms with Crippen LogP contribution in [-0.2, 0) is 16.6 Å². The van der Waals surface area contributed by atoms with E-state index in [0.29, 0.717) is 10.9 Å². The van der Waals surface area contributed by atoms with Crippen molar-refractivity contribution in [2.24, 2.45) is 0 Å². The van der Waals surface area contributed by atoms with E-state index in [-0.39, 0.29) is 11.4 Å². The molecule has 6 heteroatoms. The summed E-state index contributed by atoms with van der Waals surface area (Å²) in [7, 11) is 0.0387. The molecule has 0 spiro atoms. The lowest BCUT2D eigenvalue weighted by atomic mass is 10.1. The predicted molar refractivity (Wildman–Crippen MR) is 98.7 cm³/mol. The Morgan fingerprint density at radius 1 is 0.920 bits per heavy atom. The van der Waals surface area contributed by atoms with Gasteiger partial charge in [0.05, 0.1) is 4.90 Å². The number of hydrogen-bond donors (Lipinski definition) is 1. The second-order valence-electron chi connectivity index (χ2n) is 5.94. The number of anilines is 1. The van der Waals surface area contributed by atoms with Gasteiger partial charge in [-0.2, -0.15) is 0 Å². The first-order valence-electron chi connectivity index (χ1n) is 7.82. The molecule has 0 saturated heterocycles.